The molecule has 0 aromatic heterocycles. The summed E-state index contributed by atoms with van der Waals surface area (Å²) in [6.45, 7) is -0.321. The Morgan fingerprint density at radius 2 is 1.70 bits per heavy atom. The van der Waals surface area contributed by atoms with Crippen LogP contribution >= 0.6 is 43.5 Å². The Morgan fingerprint density at radius 3 is 2.35 bits per heavy atom. The van der Waals surface area contributed by atoms with Gasteiger partial charge in [-0.1, -0.05) is 23.7 Å². The number of halogens is 4. The lowest BCUT2D eigenvalue weighted by atomic mass is 10.1. The monoisotopic (exact) mass is 649 g/mol. The van der Waals surface area contributed by atoms with Crippen LogP contribution in [0.1, 0.15) is 5.56 Å². The number of hydrogen-bond donors (Lipinski definition) is 2. The SMILES string of the molecule is O=C(COc1c(Br)cc(/C=C2\C(=O)NC(=O)N(c3ccc(F)cc3)C2=O)cc1Br)Nc1ccccc1Cl. The minimum Gasteiger partial charge on any atom is -0.481 e. The molecule has 12 heteroatoms. The highest BCUT2D eigenvalue weighted by atomic mass is 79.9. The molecule has 0 bridgehead atoms. The third-order valence-electron chi connectivity index (χ3n) is 5.01. The van der Waals surface area contributed by atoms with Crippen molar-refractivity contribution in [3.63, 3.8) is 0 Å². The lowest BCUT2D eigenvalue weighted by Crippen LogP contribution is -2.54. The van der Waals surface area contributed by atoms with Crippen molar-refractivity contribution in [3.05, 3.63) is 91.6 Å². The van der Waals surface area contributed by atoms with Crippen LogP contribution in [0.15, 0.2) is 75.2 Å². The Kier molecular flexibility index (Phi) is 8.06. The minimum atomic E-state index is -0.945. The average Bonchev–Trinajstić information content (AvgIpc) is 2.84. The first-order valence-corrected chi connectivity index (χ1v) is 12.4. The first-order valence-electron chi connectivity index (χ1n) is 10.5. The average molecular weight is 652 g/mol. The fourth-order valence-electron chi connectivity index (χ4n) is 3.34. The third kappa shape index (κ3) is 6.07. The Labute approximate surface area is 231 Å². The summed E-state index contributed by atoms with van der Waals surface area (Å²) in [7, 11) is 0. The van der Waals surface area contributed by atoms with Gasteiger partial charge in [0.1, 0.15) is 17.1 Å². The normalized spacial score (nSPS) is 14.5. The molecule has 0 saturated carbocycles. The molecule has 37 heavy (non-hydrogen) atoms. The van der Waals surface area contributed by atoms with E-state index >= 15 is 0 Å². The summed E-state index contributed by atoms with van der Waals surface area (Å²) < 4.78 is 19.8. The van der Waals surface area contributed by atoms with Crippen molar-refractivity contribution >= 4 is 84.7 Å². The largest absolute Gasteiger partial charge is 0.481 e. The van der Waals surface area contributed by atoms with Gasteiger partial charge in [-0.3, -0.25) is 19.7 Å². The molecule has 0 unspecified atom stereocenters. The number of ether oxygens (including phenoxy) is 1. The number of nitrogens with zero attached hydrogens (tertiary/aromatic N) is 1. The zero-order chi connectivity index (χ0) is 26.7. The number of imide groups is 2. The maximum absolute atomic E-state index is 13.3. The van der Waals surface area contributed by atoms with Crippen LogP contribution in [0, 0.1) is 5.82 Å². The van der Waals surface area contributed by atoms with Crippen LogP contribution in [0.2, 0.25) is 5.02 Å². The molecule has 8 nitrogen and oxygen atoms in total. The molecule has 2 N–H and O–H groups in total. The van der Waals surface area contributed by atoms with Crippen LogP contribution in [0.25, 0.3) is 6.08 Å². The number of nitrogens with one attached hydrogen (secondary N) is 2. The topological polar surface area (TPSA) is 105 Å². The fourth-order valence-corrected chi connectivity index (χ4v) is 4.97. The molecule has 1 heterocycles. The number of barbiturate groups is 1. The van der Waals surface area contributed by atoms with Crippen LogP contribution in [0.4, 0.5) is 20.6 Å². The Balaban J connectivity index is 1.53. The maximum atomic E-state index is 13.3. The van der Waals surface area contributed by atoms with Crippen LogP contribution in [-0.2, 0) is 14.4 Å². The molecule has 1 aliphatic heterocycles. The molecule has 1 saturated heterocycles. The summed E-state index contributed by atoms with van der Waals surface area (Å²) in [6.07, 6.45) is 1.30. The van der Waals surface area contributed by atoms with Crippen molar-refractivity contribution in [1.29, 1.82) is 0 Å². The Bertz CT molecular complexity index is 1440. The molecule has 1 aliphatic rings. The molecule has 0 radical (unpaired) electrons. The molecule has 0 spiro atoms. The fraction of sp³-hybridized carbons (Fsp3) is 0.0400. The van der Waals surface area contributed by atoms with E-state index in [2.05, 4.69) is 42.5 Å². The Morgan fingerprint density at radius 1 is 1.05 bits per heavy atom. The number of hydrogen-bond acceptors (Lipinski definition) is 5. The number of para-hydroxylation sites is 1. The Hall–Kier alpha value is -3.54. The quantitative estimate of drug-likeness (QED) is 0.264. The van der Waals surface area contributed by atoms with Crippen molar-refractivity contribution < 1.29 is 28.3 Å². The molecular formula is C25H15Br2ClFN3O5. The molecule has 0 atom stereocenters. The van der Waals surface area contributed by atoms with Crippen molar-refractivity contribution in [2.45, 2.75) is 0 Å². The second-order valence-corrected chi connectivity index (χ2v) is 9.68. The number of carbonyl (C=O) groups excluding carboxylic acids is 4. The molecule has 0 aliphatic carbocycles. The third-order valence-corrected chi connectivity index (χ3v) is 6.52. The molecule has 1 fully saturated rings. The van der Waals surface area contributed by atoms with Crippen LogP contribution in [0.3, 0.4) is 0 Å². The minimum absolute atomic E-state index is 0.100. The molecule has 3 aromatic carbocycles. The molecule has 5 amide bonds. The molecular weight excluding hydrogens is 637 g/mol. The van der Waals surface area contributed by atoms with E-state index in [0.717, 1.165) is 17.0 Å². The number of benzene rings is 3. The van der Waals surface area contributed by atoms with Gasteiger partial charge in [-0.05, 0) is 92.0 Å². The molecule has 4 rings (SSSR count). The highest BCUT2D eigenvalue weighted by Crippen LogP contribution is 2.36. The van der Waals surface area contributed by atoms with Gasteiger partial charge in [0.25, 0.3) is 17.7 Å². The van der Waals surface area contributed by atoms with Crippen molar-refractivity contribution in [2.24, 2.45) is 0 Å². The van der Waals surface area contributed by atoms with Gasteiger partial charge in [0, 0.05) is 0 Å². The second kappa shape index (κ2) is 11.2. The zero-order valence-corrected chi connectivity index (χ0v) is 22.5. The van der Waals surface area contributed by atoms with E-state index in [4.69, 9.17) is 16.3 Å². The standard InChI is InChI=1S/C25H15Br2ClFN3O5/c26-17-10-13(11-18(27)22(17)37-12-21(33)30-20-4-2-1-3-19(20)28)9-16-23(34)31-25(36)32(24(16)35)15-7-5-14(29)6-8-15/h1-11H,12H2,(H,30,33)(H,31,34,36)/b16-9+. The smallest absolute Gasteiger partial charge is 0.335 e. The highest BCUT2D eigenvalue weighted by Gasteiger charge is 2.36. The summed E-state index contributed by atoms with van der Waals surface area (Å²) in [6, 6.07) is 13.7. The number of urea groups is 1. The number of carbonyl (C=O) groups is 4. The van der Waals surface area contributed by atoms with Gasteiger partial charge >= 0.3 is 6.03 Å². The van der Waals surface area contributed by atoms with E-state index in [1.54, 1.807) is 36.4 Å². The van der Waals surface area contributed by atoms with E-state index < -0.39 is 29.6 Å². The summed E-state index contributed by atoms with van der Waals surface area (Å²) in [4.78, 5) is 50.8. The van der Waals surface area contributed by atoms with E-state index in [1.807, 2.05) is 0 Å². The van der Waals surface area contributed by atoms with Gasteiger partial charge in [-0.15, -0.1) is 0 Å². The second-order valence-electron chi connectivity index (χ2n) is 7.56. The van der Waals surface area contributed by atoms with Gasteiger partial charge in [0.2, 0.25) is 0 Å². The summed E-state index contributed by atoms with van der Waals surface area (Å²) in [5.41, 5.74) is 0.652. The molecule has 188 valence electrons. The van der Waals surface area contributed by atoms with Crippen LogP contribution in [0.5, 0.6) is 5.75 Å². The van der Waals surface area contributed by atoms with Gasteiger partial charge < -0.3 is 10.1 Å². The first-order chi connectivity index (χ1) is 17.6. The first kappa shape index (κ1) is 26.5. The van der Waals surface area contributed by atoms with Crippen LogP contribution in [-0.4, -0.2) is 30.4 Å². The van der Waals surface area contributed by atoms with Crippen molar-refractivity contribution in [3.8, 4) is 5.75 Å². The van der Waals surface area contributed by atoms with Crippen LogP contribution < -0.4 is 20.3 Å². The van der Waals surface area contributed by atoms with Gasteiger partial charge in [0.15, 0.2) is 6.61 Å². The van der Waals surface area contributed by atoms with Crippen molar-refractivity contribution in [2.75, 3.05) is 16.8 Å². The van der Waals surface area contributed by atoms with E-state index in [1.165, 1.54) is 18.2 Å². The highest BCUT2D eigenvalue weighted by molar-refractivity contribution is 9.11. The summed E-state index contributed by atoms with van der Waals surface area (Å²) in [5.74, 6) is -2.42. The number of anilines is 2. The zero-order valence-electron chi connectivity index (χ0n) is 18.6. The number of rotatable bonds is 6. The number of amides is 5. The maximum Gasteiger partial charge on any atom is 0.335 e. The summed E-state index contributed by atoms with van der Waals surface area (Å²) >= 11 is 12.8. The van der Waals surface area contributed by atoms with Crippen molar-refractivity contribution in [1.82, 2.24) is 5.32 Å². The predicted molar refractivity (Wildman–Crippen MR) is 143 cm³/mol. The van der Waals surface area contributed by atoms with Gasteiger partial charge in [-0.2, -0.15) is 0 Å². The van der Waals surface area contributed by atoms with Gasteiger partial charge in [-0.25, -0.2) is 14.1 Å². The van der Waals surface area contributed by atoms with E-state index in [0.29, 0.717) is 31.0 Å². The lowest BCUT2D eigenvalue weighted by Gasteiger charge is -2.26. The van der Waals surface area contributed by atoms with Gasteiger partial charge in [0.05, 0.1) is 25.3 Å². The van der Waals surface area contributed by atoms with E-state index in [9.17, 15) is 23.6 Å². The molecule has 3 aromatic rings. The summed E-state index contributed by atoms with van der Waals surface area (Å²) in [5, 5.41) is 5.14. The van der Waals surface area contributed by atoms with E-state index in [-0.39, 0.29) is 17.9 Å². The predicted octanol–water partition coefficient (Wildman–Crippen LogP) is 5.69. The lowest BCUT2D eigenvalue weighted by molar-refractivity contribution is -0.122.